The monoisotopic (exact) mass is 441 g/mol. The molecule has 0 amide bonds. The maximum Gasteiger partial charge on any atom is 0.169 e. The standard InChI is InChI=1S/C22H24FN5O2S/c1-29-19-11-17-18(12-20(19)30-2)25-14-26-21(17)27-6-8-28(9-7-27)22(31)24-13-15-4-3-5-16(23)10-15/h3-5,10-12,14H,6-9,13H2,1-2H3,(H,24,31). The second kappa shape index (κ2) is 9.30. The van der Waals surface area contributed by atoms with Crippen LogP contribution in [-0.2, 0) is 6.54 Å². The molecule has 1 saturated heterocycles. The maximum absolute atomic E-state index is 13.3. The molecule has 4 rings (SSSR count). The van der Waals surface area contributed by atoms with E-state index in [0.29, 0.717) is 23.2 Å². The first kappa shape index (κ1) is 21.0. The molecule has 3 aromatic rings. The van der Waals surface area contributed by atoms with Crippen LogP contribution in [0.4, 0.5) is 10.2 Å². The van der Waals surface area contributed by atoms with Gasteiger partial charge in [0.1, 0.15) is 18.0 Å². The average Bonchev–Trinajstić information content (AvgIpc) is 2.81. The molecule has 162 valence electrons. The Morgan fingerprint density at radius 3 is 2.52 bits per heavy atom. The van der Waals surface area contributed by atoms with Crippen molar-refractivity contribution >= 4 is 34.1 Å². The van der Waals surface area contributed by atoms with E-state index < -0.39 is 0 Å². The molecule has 0 spiro atoms. The molecule has 0 saturated carbocycles. The summed E-state index contributed by atoms with van der Waals surface area (Å²) in [5.41, 5.74) is 1.66. The van der Waals surface area contributed by atoms with Crippen LogP contribution in [0.5, 0.6) is 11.5 Å². The van der Waals surface area contributed by atoms with Gasteiger partial charge in [0, 0.05) is 44.2 Å². The van der Waals surface area contributed by atoms with Crippen LogP contribution in [0.3, 0.4) is 0 Å². The lowest BCUT2D eigenvalue weighted by Crippen LogP contribution is -2.51. The number of benzene rings is 2. The Bertz CT molecular complexity index is 1090. The van der Waals surface area contributed by atoms with Gasteiger partial charge >= 0.3 is 0 Å². The van der Waals surface area contributed by atoms with Crippen LogP contribution in [0.1, 0.15) is 5.56 Å². The van der Waals surface area contributed by atoms with E-state index in [9.17, 15) is 4.39 Å². The van der Waals surface area contributed by atoms with Gasteiger partial charge in [-0.15, -0.1) is 0 Å². The zero-order chi connectivity index (χ0) is 21.8. The summed E-state index contributed by atoms with van der Waals surface area (Å²) in [6, 6.07) is 10.3. The fourth-order valence-electron chi connectivity index (χ4n) is 3.68. The first-order chi connectivity index (χ1) is 15.1. The Labute approximate surface area is 185 Å². The van der Waals surface area contributed by atoms with Crippen molar-refractivity contribution in [2.45, 2.75) is 6.54 Å². The fourth-order valence-corrected chi connectivity index (χ4v) is 3.93. The molecule has 2 heterocycles. The number of rotatable bonds is 5. The molecular weight excluding hydrogens is 417 g/mol. The SMILES string of the molecule is COc1cc2ncnc(N3CCN(C(=S)NCc4cccc(F)c4)CC3)c2cc1OC. The third kappa shape index (κ3) is 4.61. The maximum atomic E-state index is 13.3. The average molecular weight is 442 g/mol. The van der Waals surface area contributed by atoms with Gasteiger partial charge in [-0.2, -0.15) is 0 Å². The molecule has 7 nitrogen and oxygen atoms in total. The number of anilines is 1. The summed E-state index contributed by atoms with van der Waals surface area (Å²) >= 11 is 5.55. The molecule has 9 heteroatoms. The highest BCUT2D eigenvalue weighted by atomic mass is 32.1. The van der Waals surface area contributed by atoms with Crippen molar-refractivity contribution in [2.75, 3.05) is 45.3 Å². The number of methoxy groups -OCH3 is 2. The van der Waals surface area contributed by atoms with Crippen molar-refractivity contribution < 1.29 is 13.9 Å². The zero-order valence-corrected chi connectivity index (χ0v) is 18.3. The molecule has 0 bridgehead atoms. The molecule has 0 unspecified atom stereocenters. The summed E-state index contributed by atoms with van der Waals surface area (Å²) in [6.07, 6.45) is 1.57. The predicted molar refractivity (Wildman–Crippen MR) is 122 cm³/mol. The highest BCUT2D eigenvalue weighted by Gasteiger charge is 2.22. The lowest BCUT2D eigenvalue weighted by molar-refractivity contribution is 0.355. The van der Waals surface area contributed by atoms with Crippen molar-refractivity contribution in [2.24, 2.45) is 0 Å². The van der Waals surface area contributed by atoms with E-state index in [1.54, 1.807) is 26.6 Å². The van der Waals surface area contributed by atoms with Crippen LogP contribution in [0.15, 0.2) is 42.7 Å². The summed E-state index contributed by atoms with van der Waals surface area (Å²) in [5, 5.41) is 4.81. The minimum absolute atomic E-state index is 0.245. The van der Waals surface area contributed by atoms with Crippen LogP contribution in [0, 0.1) is 5.82 Å². The number of nitrogens with zero attached hydrogens (tertiary/aromatic N) is 4. The number of fused-ring (bicyclic) bond motifs is 1. The minimum Gasteiger partial charge on any atom is -0.493 e. The summed E-state index contributed by atoms with van der Waals surface area (Å²) < 4.78 is 24.2. The highest BCUT2D eigenvalue weighted by molar-refractivity contribution is 7.80. The van der Waals surface area contributed by atoms with E-state index in [4.69, 9.17) is 21.7 Å². The molecular formula is C22H24FN5O2S. The van der Waals surface area contributed by atoms with Gasteiger partial charge in [-0.3, -0.25) is 0 Å². The van der Waals surface area contributed by atoms with Crippen LogP contribution in [0.2, 0.25) is 0 Å². The van der Waals surface area contributed by atoms with Crippen molar-refractivity contribution in [3.8, 4) is 11.5 Å². The lowest BCUT2D eigenvalue weighted by Gasteiger charge is -2.37. The van der Waals surface area contributed by atoms with Crippen molar-refractivity contribution in [1.29, 1.82) is 0 Å². The molecule has 1 aliphatic rings. The molecule has 1 aliphatic heterocycles. The number of halogens is 1. The first-order valence-electron chi connectivity index (χ1n) is 9.98. The Hall–Kier alpha value is -3.20. The Kier molecular flexibility index (Phi) is 6.31. The molecule has 0 atom stereocenters. The zero-order valence-electron chi connectivity index (χ0n) is 17.5. The predicted octanol–water partition coefficient (Wildman–Crippen LogP) is 2.98. The quantitative estimate of drug-likeness (QED) is 0.607. The molecule has 2 aromatic carbocycles. The first-order valence-corrected chi connectivity index (χ1v) is 10.4. The van der Waals surface area contributed by atoms with E-state index in [0.717, 1.165) is 48.5 Å². The lowest BCUT2D eigenvalue weighted by atomic mass is 10.2. The van der Waals surface area contributed by atoms with E-state index in [2.05, 4.69) is 25.1 Å². The van der Waals surface area contributed by atoms with Gasteiger partial charge in [-0.05, 0) is 36.0 Å². The number of hydrogen-bond acceptors (Lipinski definition) is 6. The third-order valence-electron chi connectivity index (χ3n) is 5.32. The second-order valence-electron chi connectivity index (χ2n) is 7.18. The van der Waals surface area contributed by atoms with Crippen LogP contribution >= 0.6 is 12.2 Å². The largest absolute Gasteiger partial charge is 0.493 e. The van der Waals surface area contributed by atoms with Crippen LogP contribution in [-0.4, -0.2) is 60.4 Å². The summed E-state index contributed by atoms with van der Waals surface area (Å²) in [6.45, 7) is 3.54. The summed E-state index contributed by atoms with van der Waals surface area (Å²) in [7, 11) is 3.22. The van der Waals surface area contributed by atoms with Gasteiger partial charge in [-0.25, -0.2) is 14.4 Å². The van der Waals surface area contributed by atoms with Crippen LogP contribution < -0.4 is 19.7 Å². The van der Waals surface area contributed by atoms with E-state index in [1.165, 1.54) is 12.1 Å². The van der Waals surface area contributed by atoms with Gasteiger partial charge in [0.2, 0.25) is 0 Å². The van der Waals surface area contributed by atoms with Gasteiger partial charge in [0.05, 0.1) is 19.7 Å². The molecule has 0 radical (unpaired) electrons. The van der Waals surface area contributed by atoms with E-state index in [1.807, 2.05) is 18.2 Å². The number of thiocarbonyl (C=S) groups is 1. The molecule has 1 N–H and O–H groups in total. The smallest absolute Gasteiger partial charge is 0.169 e. The van der Waals surface area contributed by atoms with Crippen molar-refractivity contribution in [3.63, 3.8) is 0 Å². The second-order valence-corrected chi connectivity index (χ2v) is 7.57. The Balaban J connectivity index is 1.42. The van der Waals surface area contributed by atoms with Gasteiger partial charge in [0.15, 0.2) is 16.6 Å². The topological polar surface area (TPSA) is 62.8 Å². The Morgan fingerprint density at radius 2 is 1.81 bits per heavy atom. The number of aromatic nitrogens is 2. The molecule has 1 fully saturated rings. The summed E-state index contributed by atoms with van der Waals surface area (Å²) in [5.74, 6) is 1.90. The van der Waals surface area contributed by atoms with Crippen molar-refractivity contribution in [1.82, 2.24) is 20.2 Å². The molecule has 1 aromatic heterocycles. The van der Waals surface area contributed by atoms with Gasteiger partial charge < -0.3 is 24.6 Å². The minimum atomic E-state index is -0.245. The number of nitrogens with one attached hydrogen (secondary N) is 1. The van der Waals surface area contributed by atoms with Gasteiger partial charge in [-0.1, -0.05) is 12.1 Å². The number of hydrogen-bond donors (Lipinski definition) is 1. The van der Waals surface area contributed by atoms with E-state index in [-0.39, 0.29) is 5.82 Å². The number of ether oxygens (including phenoxy) is 2. The third-order valence-corrected chi connectivity index (χ3v) is 5.72. The van der Waals surface area contributed by atoms with E-state index >= 15 is 0 Å². The fraction of sp³-hybridized carbons (Fsp3) is 0.318. The highest BCUT2D eigenvalue weighted by Crippen LogP contribution is 2.34. The van der Waals surface area contributed by atoms with Gasteiger partial charge in [0.25, 0.3) is 0 Å². The number of piperazine rings is 1. The van der Waals surface area contributed by atoms with Crippen molar-refractivity contribution in [3.05, 3.63) is 54.1 Å². The van der Waals surface area contributed by atoms with Crippen LogP contribution in [0.25, 0.3) is 10.9 Å². The normalized spacial score (nSPS) is 13.9. The summed E-state index contributed by atoms with van der Waals surface area (Å²) in [4.78, 5) is 13.3. The molecule has 31 heavy (non-hydrogen) atoms. The Morgan fingerprint density at radius 1 is 1.06 bits per heavy atom. The molecule has 0 aliphatic carbocycles.